The zero-order chi connectivity index (χ0) is 8.85. The minimum Gasteiger partial charge on any atom is -0.468 e. The van der Waals surface area contributed by atoms with E-state index in [0.717, 1.165) is 4.31 Å². The van der Waals surface area contributed by atoms with Gasteiger partial charge in [-0.2, -0.15) is 12.6 Å². The van der Waals surface area contributed by atoms with Crippen molar-refractivity contribution in [1.82, 2.24) is 4.31 Å². The van der Waals surface area contributed by atoms with Gasteiger partial charge in [-0.15, -0.1) is 0 Å². The van der Waals surface area contributed by atoms with Crippen molar-refractivity contribution < 1.29 is 14.3 Å². The molecule has 64 valence electrons. The lowest BCUT2D eigenvalue weighted by molar-refractivity contribution is -0.143. The molecule has 0 aromatic heterocycles. The number of amides is 1. The number of carbonyl (C=O) groups is 2. The molecule has 0 aliphatic carbocycles. The molecule has 1 amide bonds. The maximum atomic E-state index is 10.7. The summed E-state index contributed by atoms with van der Waals surface area (Å²) in [7, 11) is 1.25. The fourth-order valence-corrected chi connectivity index (χ4v) is 0.825. The third kappa shape index (κ3) is 4.15. The minimum atomic E-state index is -0.505. The molecule has 0 fully saturated rings. The quantitative estimate of drug-likeness (QED) is 0.483. The van der Waals surface area contributed by atoms with E-state index in [1.807, 2.05) is 0 Å². The summed E-state index contributed by atoms with van der Waals surface area (Å²) in [6.07, 6.45) is 0. The summed E-state index contributed by atoms with van der Waals surface area (Å²) in [5.74, 6) is -0.808. The smallest absolute Gasteiger partial charge is 0.326 e. The predicted octanol–water partition coefficient (Wildman–Crippen LogP) is -0.237. The average Bonchev–Trinajstić information content (AvgIpc) is 2.02. The molecular formula is C5H9NO3S2. The second kappa shape index (κ2) is 5.31. The van der Waals surface area contributed by atoms with Crippen LogP contribution in [0.25, 0.3) is 0 Å². The number of nitrogens with zero attached hydrogens (tertiary/aromatic N) is 1. The summed E-state index contributed by atoms with van der Waals surface area (Å²) in [6.45, 7) is -0.154. The lowest BCUT2D eigenvalue weighted by atomic mass is 10.6. The lowest BCUT2D eigenvalue weighted by Gasteiger charge is -2.11. The molecule has 0 atom stereocenters. The fourth-order valence-electron chi connectivity index (χ4n) is 0.357. The fraction of sp³-hybridized carbons (Fsp3) is 0.600. The first-order chi connectivity index (χ1) is 5.11. The van der Waals surface area contributed by atoms with Crippen molar-refractivity contribution in [3.63, 3.8) is 0 Å². The maximum Gasteiger partial charge on any atom is 0.326 e. The molecule has 0 bridgehead atoms. The molecule has 0 unspecified atom stereocenters. The van der Waals surface area contributed by atoms with E-state index < -0.39 is 5.97 Å². The van der Waals surface area contributed by atoms with E-state index in [1.54, 1.807) is 0 Å². The van der Waals surface area contributed by atoms with Crippen LogP contribution in [0.2, 0.25) is 0 Å². The summed E-state index contributed by atoms with van der Waals surface area (Å²) >= 11 is 7.45. The van der Waals surface area contributed by atoms with Crippen molar-refractivity contribution in [2.75, 3.05) is 19.4 Å². The van der Waals surface area contributed by atoms with Gasteiger partial charge < -0.3 is 4.74 Å². The number of hydrogen-bond donors (Lipinski definition) is 2. The molecule has 0 saturated carbocycles. The van der Waals surface area contributed by atoms with E-state index in [0.29, 0.717) is 0 Å². The van der Waals surface area contributed by atoms with Gasteiger partial charge in [0.25, 0.3) is 0 Å². The highest BCUT2D eigenvalue weighted by Crippen LogP contribution is 1.95. The molecule has 0 N–H and O–H groups in total. The first kappa shape index (κ1) is 10.6. The Morgan fingerprint density at radius 3 is 2.45 bits per heavy atom. The van der Waals surface area contributed by atoms with Gasteiger partial charge in [0.1, 0.15) is 6.54 Å². The van der Waals surface area contributed by atoms with E-state index in [1.165, 1.54) is 7.11 Å². The van der Waals surface area contributed by atoms with Crippen LogP contribution in [-0.2, 0) is 14.3 Å². The van der Waals surface area contributed by atoms with Gasteiger partial charge in [-0.3, -0.25) is 13.9 Å². The van der Waals surface area contributed by atoms with Crippen molar-refractivity contribution >= 4 is 37.3 Å². The third-order valence-corrected chi connectivity index (χ3v) is 1.56. The summed E-state index contributed by atoms with van der Waals surface area (Å²) in [4.78, 5) is 21.3. The van der Waals surface area contributed by atoms with E-state index in [4.69, 9.17) is 0 Å². The molecule has 0 aliphatic rings. The molecule has 0 heterocycles. The van der Waals surface area contributed by atoms with Crippen LogP contribution in [0.4, 0.5) is 0 Å². The number of hydrogen-bond acceptors (Lipinski definition) is 5. The van der Waals surface area contributed by atoms with Crippen molar-refractivity contribution in [3.8, 4) is 0 Å². The van der Waals surface area contributed by atoms with Crippen LogP contribution in [-0.4, -0.2) is 35.6 Å². The van der Waals surface area contributed by atoms with Gasteiger partial charge in [-0.05, 0) is 0 Å². The van der Waals surface area contributed by atoms with Gasteiger partial charge >= 0.3 is 5.97 Å². The van der Waals surface area contributed by atoms with Crippen molar-refractivity contribution in [2.45, 2.75) is 0 Å². The molecular weight excluding hydrogens is 186 g/mol. The second-order valence-electron chi connectivity index (χ2n) is 1.69. The first-order valence-electron chi connectivity index (χ1n) is 2.78. The molecule has 0 saturated heterocycles. The van der Waals surface area contributed by atoms with Crippen LogP contribution in [0, 0.1) is 0 Å². The highest BCUT2D eigenvalue weighted by atomic mass is 32.1. The Morgan fingerprint density at radius 2 is 2.09 bits per heavy atom. The van der Waals surface area contributed by atoms with Gasteiger partial charge in [0.15, 0.2) is 0 Å². The van der Waals surface area contributed by atoms with Gasteiger partial charge in [0, 0.05) is 0 Å². The van der Waals surface area contributed by atoms with E-state index in [9.17, 15) is 9.59 Å². The number of methoxy groups -OCH3 is 1. The van der Waals surface area contributed by atoms with Crippen LogP contribution in [0.5, 0.6) is 0 Å². The third-order valence-electron chi connectivity index (χ3n) is 0.930. The molecule has 0 aliphatic heterocycles. The van der Waals surface area contributed by atoms with Gasteiger partial charge in [-0.1, -0.05) is 12.8 Å². The lowest BCUT2D eigenvalue weighted by Crippen LogP contribution is -2.29. The van der Waals surface area contributed by atoms with Gasteiger partial charge in [0.2, 0.25) is 5.91 Å². The van der Waals surface area contributed by atoms with Crippen molar-refractivity contribution in [2.24, 2.45) is 0 Å². The molecule has 11 heavy (non-hydrogen) atoms. The molecule has 6 heteroatoms. The molecule has 0 radical (unpaired) electrons. The Hall–Kier alpha value is -0.360. The highest BCUT2D eigenvalue weighted by molar-refractivity contribution is 7.81. The largest absolute Gasteiger partial charge is 0.468 e. The van der Waals surface area contributed by atoms with Crippen LogP contribution in [0.1, 0.15) is 0 Å². The maximum absolute atomic E-state index is 10.7. The van der Waals surface area contributed by atoms with E-state index >= 15 is 0 Å². The van der Waals surface area contributed by atoms with Crippen LogP contribution in [0.15, 0.2) is 0 Å². The Balaban J connectivity index is 3.77. The second-order valence-corrected chi connectivity index (χ2v) is 2.48. The monoisotopic (exact) mass is 195 g/mol. The van der Waals surface area contributed by atoms with E-state index in [-0.39, 0.29) is 18.2 Å². The summed E-state index contributed by atoms with van der Waals surface area (Å²) in [6, 6.07) is 0. The van der Waals surface area contributed by atoms with Crippen LogP contribution in [0.3, 0.4) is 0 Å². The van der Waals surface area contributed by atoms with Crippen LogP contribution < -0.4 is 0 Å². The first-order valence-corrected chi connectivity index (χ1v) is 3.82. The van der Waals surface area contributed by atoms with E-state index in [2.05, 4.69) is 30.2 Å². The zero-order valence-corrected chi connectivity index (χ0v) is 7.77. The molecule has 4 nitrogen and oxygen atoms in total. The number of esters is 1. The standard InChI is InChI=1S/C5H9NO3S2/c1-9-5(8)2-6(11)4(7)3-10/h10-11H,2-3H2,1H3. The molecule has 0 aromatic rings. The molecule has 0 spiro atoms. The van der Waals surface area contributed by atoms with Gasteiger partial charge in [-0.25, -0.2) is 0 Å². The predicted molar refractivity (Wildman–Crippen MR) is 46.6 cm³/mol. The number of carbonyl (C=O) groups excluding carboxylic acids is 2. The Morgan fingerprint density at radius 1 is 1.55 bits per heavy atom. The number of ether oxygens (including phenoxy) is 1. The summed E-state index contributed by atoms with van der Waals surface area (Å²) < 4.78 is 5.27. The normalized spacial score (nSPS) is 9.00. The summed E-state index contributed by atoms with van der Waals surface area (Å²) in [5.41, 5.74) is 0. The van der Waals surface area contributed by atoms with Gasteiger partial charge in [0.05, 0.1) is 12.9 Å². The van der Waals surface area contributed by atoms with Crippen LogP contribution >= 0.6 is 25.4 Å². The number of rotatable bonds is 3. The topological polar surface area (TPSA) is 46.6 Å². The average molecular weight is 195 g/mol. The molecule has 0 aromatic carbocycles. The van der Waals surface area contributed by atoms with Crippen molar-refractivity contribution in [3.05, 3.63) is 0 Å². The Labute approximate surface area is 75.8 Å². The minimum absolute atomic E-state index is 0.0283. The van der Waals surface area contributed by atoms with Crippen molar-refractivity contribution in [1.29, 1.82) is 0 Å². The Kier molecular flexibility index (Phi) is 5.14. The zero-order valence-electron chi connectivity index (χ0n) is 5.98. The highest BCUT2D eigenvalue weighted by Gasteiger charge is 2.11. The SMILES string of the molecule is COC(=O)CN(S)C(=O)CS. The Bertz CT molecular complexity index is 162. The number of thiol groups is 2. The summed E-state index contributed by atoms with van der Waals surface area (Å²) in [5, 5.41) is 0. The molecule has 0 rings (SSSR count).